The number of aliphatic hydroxyl groups excluding tert-OH is 5. The first kappa shape index (κ1) is 41.2. The molecule has 22 nitrogen and oxygen atoms in total. The minimum absolute atomic E-state index is 0.135. The molecule has 24 heteroatoms. The third kappa shape index (κ3) is 12.4. The van der Waals surface area contributed by atoms with Gasteiger partial charge in [-0.3, -0.25) is 18.2 Å². The topological polar surface area (TPSA) is 398 Å². The van der Waals surface area contributed by atoms with E-state index in [2.05, 4.69) is 5.32 Å². The van der Waals surface area contributed by atoms with Gasteiger partial charge in [-0.05, 0) is 27.3 Å². The van der Waals surface area contributed by atoms with Crippen molar-refractivity contribution >= 4 is 20.8 Å². The summed E-state index contributed by atoms with van der Waals surface area (Å²) in [5, 5.41) is 65.2. The lowest BCUT2D eigenvalue weighted by Gasteiger charge is -2.49. The summed E-state index contributed by atoms with van der Waals surface area (Å²) in [7, 11) is -7.76. The highest BCUT2D eigenvalue weighted by Crippen LogP contribution is 2.32. The molecule has 0 bridgehead atoms. The van der Waals surface area contributed by atoms with Gasteiger partial charge < -0.3 is 72.1 Å². The highest BCUT2D eigenvalue weighted by atomic mass is 32.3. The van der Waals surface area contributed by atoms with E-state index in [1.807, 2.05) is 0 Å². The molecule has 0 amide bonds. The number of ether oxygens (including phenoxy) is 4. The maximum Gasteiger partial charge on any atom is 0.394 e. The highest BCUT2D eigenvalue weighted by molar-refractivity contribution is 7.80. The maximum atomic E-state index is 11.1. The van der Waals surface area contributed by atoms with Crippen LogP contribution in [0.1, 0.15) is 20.3 Å². The molecule has 0 aromatic rings. The molecule has 0 spiro atoms. The van der Waals surface area contributed by atoms with Crippen LogP contribution in [0.2, 0.25) is 0 Å². The average molecular weight is 693 g/mol. The van der Waals surface area contributed by atoms with Crippen molar-refractivity contribution < 1.29 is 84.6 Å². The molecule has 0 aromatic heterocycles. The van der Waals surface area contributed by atoms with Gasteiger partial charge in [0, 0.05) is 12.1 Å². The predicted molar refractivity (Wildman–Crippen MR) is 144 cm³/mol. The number of nitrogens with one attached hydrogen (secondary N) is 1. The van der Waals surface area contributed by atoms with E-state index in [0.29, 0.717) is 0 Å². The van der Waals surface area contributed by atoms with Crippen molar-refractivity contribution in [1.29, 1.82) is 0 Å². The fourth-order valence-electron chi connectivity index (χ4n) is 4.95. The Bertz CT molecular complexity index is 1050. The van der Waals surface area contributed by atoms with Crippen LogP contribution in [0.4, 0.5) is 0 Å². The molecule has 10 unspecified atom stereocenters. The Hall–Kier alpha value is -0.820. The molecule has 1 saturated carbocycles. The lowest BCUT2D eigenvalue weighted by molar-refractivity contribution is -0.319. The fourth-order valence-corrected chi connectivity index (χ4v) is 4.95. The Morgan fingerprint density at radius 2 is 1.27 bits per heavy atom. The molecule has 3 fully saturated rings. The molecule has 2 saturated heterocycles. The van der Waals surface area contributed by atoms with Crippen molar-refractivity contribution in [1.82, 2.24) is 5.32 Å². The Labute approximate surface area is 253 Å². The zero-order chi connectivity index (χ0) is 34.5. The second-order valence-electron chi connectivity index (χ2n) is 10.7. The van der Waals surface area contributed by atoms with Gasteiger partial charge in [-0.25, -0.2) is 0 Å². The first-order valence-corrected chi connectivity index (χ1v) is 15.6. The van der Waals surface area contributed by atoms with E-state index in [1.165, 1.54) is 13.8 Å². The molecule has 264 valence electrons. The minimum Gasteiger partial charge on any atom is -0.391 e. The van der Waals surface area contributed by atoms with Crippen LogP contribution in [-0.2, 0) is 39.7 Å². The van der Waals surface area contributed by atoms with E-state index >= 15 is 0 Å². The normalized spacial score (nSPS) is 44.0. The number of hydrogen-bond donors (Lipinski definition) is 14. The van der Waals surface area contributed by atoms with Gasteiger partial charge in [-0.1, -0.05) is 0 Å². The first-order valence-electron chi connectivity index (χ1n) is 12.8. The molecule has 44 heavy (non-hydrogen) atoms. The molecule has 0 aromatic carbocycles. The van der Waals surface area contributed by atoms with E-state index < -0.39 is 112 Å². The van der Waals surface area contributed by atoms with Gasteiger partial charge in [0.25, 0.3) is 0 Å². The zero-order valence-electron chi connectivity index (χ0n) is 23.8. The van der Waals surface area contributed by atoms with Crippen molar-refractivity contribution in [3.05, 3.63) is 0 Å². The zero-order valence-corrected chi connectivity index (χ0v) is 25.4. The van der Waals surface area contributed by atoms with E-state index in [9.17, 15) is 30.6 Å². The Morgan fingerprint density at radius 1 is 0.841 bits per heavy atom. The summed E-state index contributed by atoms with van der Waals surface area (Å²) in [5.74, 6) is 0. The Morgan fingerprint density at radius 3 is 1.68 bits per heavy atom. The summed E-state index contributed by atoms with van der Waals surface area (Å²) >= 11 is 0. The quantitative estimate of drug-likeness (QED) is 0.115. The van der Waals surface area contributed by atoms with E-state index in [1.54, 1.807) is 7.05 Å². The second kappa shape index (κ2) is 16.3. The molecule has 1 aliphatic carbocycles. The van der Waals surface area contributed by atoms with Gasteiger partial charge in [0.1, 0.15) is 48.3 Å². The van der Waals surface area contributed by atoms with Crippen LogP contribution in [0.5, 0.6) is 0 Å². The molecule has 0 radical (unpaired) electrons. The highest BCUT2D eigenvalue weighted by Gasteiger charge is 2.52. The average Bonchev–Trinajstić information content (AvgIpc) is 2.83. The van der Waals surface area contributed by atoms with E-state index in [-0.39, 0.29) is 13.0 Å². The van der Waals surface area contributed by atoms with Crippen LogP contribution in [0, 0.1) is 0 Å². The Kier molecular flexibility index (Phi) is 15.3. The van der Waals surface area contributed by atoms with Gasteiger partial charge in [0.15, 0.2) is 12.6 Å². The van der Waals surface area contributed by atoms with Crippen molar-refractivity contribution in [2.45, 2.75) is 111 Å². The summed E-state index contributed by atoms with van der Waals surface area (Å²) in [6.45, 7) is 2.75. The summed E-state index contributed by atoms with van der Waals surface area (Å²) in [5.41, 5.74) is 17.0. The number of rotatable bonds is 6. The molecular weight excluding hydrogens is 648 g/mol. The van der Waals surface area contributed by atoms with Crippen LogP contribution in [-0.4, -0.2) is 171 Å². The second-order valence-corrected chi connectivity index (χ2v) is 12.5. The van der Waals surface area contributed by atoms with Gasteiger partial charge in [-0.2, -0.15) is 16.8 Å². The van der Waals surface area contributed by atoms with Crippen molar-refractivity contribution in [2.24, 2.45) is 17.2 Å². The van der Waals surface area contributed by atoms with Crippen molar-refractivity contribution in [3.63, 3.8) is 0 Å². The molecule has 15 atom stereocenters. The van der Waals surface area contributed by atoms with E-state index in [0.717, 1.165) is 0 Å². The summed E-state index contributed by atoms with van der Waals surface area (Å²) in [6, 6.07) is -3.47. The first-order chi connectivity index (χ1) is 19.8. The van der Waals surface area contributed by atoms with Gasteiger partial charge in [-0.15, -0.1) is 0 Å². The van der Waals surface area contributed by atoms with Crippen molar-refractivity contribution in [3.8, 4) is 0 Å². The molecular formula is C20H44N4O18S2. The number of nitrogens with two attached hydrogens (primary N) is 3. The lowest BCUT2D eigenvalue weighted by Crippen LogP contribution is -2.69. The summed E-state index contributed by atoms with van der Waals surface area (Å²) in [4.78, 5) is 0. The van der Waals surface area contributed by atoms with Crippen molar-refractivity contribution in [2.75, 3.05) is 13.7 Å². The Balaban J connectivity index is 0.000000837. The standard InChI is InChI=1S/C20H40N4O10.2H2O4S/c1-6(25)14-11(27)10(26)9(23)18(32-14)33-15-7(21)4-8(22)16(12(15)28)34-19-13(29)17(24-3)20(2,30)5-31-19;2*1-5(2,3)4/h6-19,24-30H,4-5,21-23H2,1-3H3;2*(H2,1,2,3,4)/t6?,7-,8?,9?,10?,11?,12?,13+,14?,15+,16?,17?,18-,19?,20-;;/m0../s1. The molecule has 2 aliphatic heterocycles. The molecule has 3 aliphatic rings. The molecule has 3 rings (SSSR count). The molecule has 17 N–H and O–H groups in total. The smallest absolute Gasteiger partial charge is 0.391 e. The fraction of sp³-hybridized carbons (Fsp3) is 1.00. The monoisotopic (exact) mass is 692 g/mol. The third-order valence-electron chi connectivity index (χ3n) is 6.95. The lowest BCUT2D eigenvalue weighted by atomic mass is 9.84. The maximum absolute atomic E-state index is 11.1. The number of aliphatic hydroxyl groups is 6. The largest absolute Gasteiger partial charge is 0.394 e. The third-order valence-corrected chi connectivity index (χ3v) is 6.95. The molecule has 2 heterocycles. The van der Waals surface area contributed by atoms with E-state index in [4.69, 9.17) is 71.2 Å². The number of likely N-dealkylation sites (N-methyl/N-ethyl adjacent to an activating group) is 1. The van der Waals surface area contributed by atoms with Crippen LogP contribution >= 0.6 is 0 Å². The predicted octanol–water partition coefficient (Wildman–Crippen LogP) is -6.92. The van der Waals surface area contributed by atoms with Crippen LogP contribution < -0.4 is 22.5 Å². The van der Waals surface area contributed by atoms with Crippen LogP contribution in [0.15, 0.2) is 0 Å². The van der Waals surface area contributed by atoms with Crippen LogP contribution in [0.3, 0.4) is 0 Å². The van der Waals surface area contributed by atoms with Crippen LogP contribution in [0.25, 0.3) is 0 Å². The summed E-state index contributed by atoms with van der Waals surface area (Å²) in [6.07, 6.45) is -12.4. The van der Waals surface area contributed by atoms with Gasteiger partial charge >= 0.3 is 20.8 Å². The SMILES string of the molecule is CNC1[C@@H](O)C(OC2C(N)C[C@H](N)[C@@H](O[C@@H]3OC(C(C)O)C(O)C(O)C3N)C2O)OC[C@]1(C)O.O=S(=O)(O)O.O=S(=O)(O)O. The van der Waals surface area contributed by atoms with Gasteiger partial charge in [0.05, 0.1) is 24.8 Å². The minimum atomic E-state index is -4.67. The summed E-state index contributed by atoms with van der Waals surface area (Å²) < 4.78 is 85.9. The number of hydrogen-bond acceptors (Lipinski definition) is 18. The van der Waals surface area contributed by atoms with Gasteiger partial charge in [0.2, 0.25) is 0 Å².